The van der Waals surface area contributed by atoms with E-state index in [4.69, 9.17) is 15.2 Å². The monoisotopic (exact) mass is 535 g/mol. The van der Waals surface area contributed by atoms with E-state index < -0.39 is 0 Å². The van der Waals surface area contributed by atoms with Gasteiger partial charge in [-0.05, 0) is 55.3 Å². The second kappa shape index (κ2) is 11.0. The molecule has 0 atom stereocenters. The van der Waals surface area contributed by atoms with Crippen LogP contribution in [0.4, 0.5) is 11.5 Å². The molecule has 0 unspecified atom stereocenters. The van der Waals surface area contributed by atoms with Crippen molar-refractivity contribution in [3.63, 3.8) is 0 Å². The van der Waals surface area contributed by atoms with Crippen molar-refractivity contribution in [1.29, 1.82) is 0 Å². The number of carbonyl (C=O) groups excluding carboxylic acids is 1. The Balaban J connectivity index is 1.65. The molecule has 3 heterocycles. The van der Waals surface area contributed by atoms with E-state index in [1.807, 2.05) is 67.1 Å². The van der Waals surface area contributed by atoms with Crippen LogP contribution < -0.4 is 15.8 Å². The summed E-state index contributed by atoms with van der Waals surface area (Å²) in [5.74, 6) is 0.721. The summed E-state index contributed by atoms with van der Waals surface area (Å²) in [6.07, 6.45) is 3.11. The fraction of sp³-hybridized carbons (Fsp3) is 0.167. The number of nitrogens with two attached hydrogens (primary N) is 1. The molecule has 0 saturated heterocycles. The highest BCUT2D eigenvalue weighted by Gasteiger charge is 2.23. The summed E-state index contributed by atoms with van der Waals surface area (Å²) >= 11 is 0. The van der Waals surface area contributed by atoms with E-state index in [1.54, 1.807) is 20.2 Å². The number of nitrogens with zero attached hydrogens (tertiary/aromatic N) is 5. The standard InChI is InChI=1S/C30H29N7O3/c1-17(2)29(38)36-22-9-6-19(7-10-22)26-24(25-27(31)33-16-34-28(25)37(26)4)20-8-11-23(21(14-20)15-39-5)40-30-32-13-12-18(3)35-30/h6-14,16H,1,15H2,2-5H3,(H,36,38)(H2,31,33,34). The number of rotatable bonds is 8. The quantitative estimate of drug-likeness (QED) is 0.251. The Labute approximate surface area is 231 Å². The molecule has 202 valence electrons. The lowest BCUT2D eigenvalue weighted by Crippen LogP contribution is -2.11. The number of aromatic nitrogens is 5. The van der Waals surface area contributed by atoms with Gasteiger partial charge in [0.25, 0.3) is 5.91 Å². The van der Waals surface area contributed by atoms with Gasteiger partial charge in [-0.1, -0.05) is 24.8 Å². The summed E-state index contributed by atoms with van der Waals surface area (Å²) in [6.45, 7) is 7.54. The van der Waals surface area contributed by atoms with Gasteiger partial charge in [-0.2, -0.15) is 0 Å². The smallest absolute Gasteiger partial charge is 0.322 e. The number of benzene rings is 2. The molecule has 0 radical (unpaired) electrons. The van der Waals surface area contributed by atoms with Gasteiger partial charge >= 0.3 is 6.01 Å². The number of nitrogen functional groups attached to an aromatic ring is 1. The molecule has 0 aliphatic carbocycles. The van der Waals surface area contributed by atoms with Crippen LogP contribution in [-0.4, -0.2) is 37.5 Å². The molecule has 10 nitrogen and oxygen atoms in total. The van der Waals surface area contributed by atoms with Crippen molar-refractivity contribution < 1.29 is 14.3 Å². The molecule has 10 heteroatoms. The highest BCUT2D eigenvalue weighted by atomic mass is 16.5. The van der Waals surface area contributed by atoms with Crippen molar-refractivity contribution in [3.05, 3.63) is 84.5 Å². The van der Waals surface area contributed by atoms with Crippen molar-refractivity contribution in [1.82, 2.24) is 24.5 Å². The van der Waals surface area contributed by atoms with Crippen LogP contribution in [0.3, 0.4) is 0 Å². The minimum absolute atomic E-state index is 0.231. The average Bonchev–Trinajstić information content (AvgIpc) is 3.23. The second-order valence-electron chi connectivity index (χ2n) is 9.39. The lowest BCUT2D eigenvalue weighted by atomic mass is 9.97. The highest BCUT2D eigenvalue weighted by molar-refractivity contribution is 6.08. The molecule has 0 aliphatic rings. The van der Waals surface area contributed by atoms with Crippen LogP contribution in [0.2, 0.25) is 0 Å². The van der Waals surface area contributed by atoms with Gasteiger partial charge in [-0.25, -0.2) is 19.9 Å². The SMILES string of the molecule is C=C(C)C(=O)Nc1ccc(-c2c(-c3ccc(Oc4nccc(C)n4)c(COC)c3)c3c(N)ncnc3n2C)cc1. The van der Waals surface area contributed by atoms with Crippen LogP contribution in [0.5, 0.6) is 11.8 Å². The van der Waals surface area contributed by atoms with Gasteiger partial charge in [0, 0.05) is 48.4 Å². The van der Waals surface area contributed by atoms with Gasteiger partial charge in [0.2, 0.25) is 0 Å². The molecule has 0 spiro atoms. The minimum atomic E-state index is -0.231. The maximum absolute atomic E-state index is 12.1. The predicted molar refractivity (Wildman–Crippen MR) is 155 cm³/mol. The van der Waals surface area contributed by atoms with E-state index in [9.17, 15) is 4.79 Å². The Hall–Kier alpha value is -5.09. The summed E-state index contributed by atoms with van der Waals surface area (Å²) in [4.78, 5) is 29.5. The Bertz CT molecular complexity index is 1740. The topological polar surface area (TPSA) is 130 Å². The Morgan fingerprint density at radius 3 is 2.52 bits per heavy atom. The van der Waals surface area contributed by atoms with E-state index in [2.05, 4.69) is 31.8 Å². The van der Waals surface area contributed by atoms with E-state index in [-0.39, 0.29) is 11.9 Å². The summed E-state index contributed by atoms with van der Waals surface area (Å²) < 4.78 is 13.5. The highest BCUT2D eigenvalue weighted by Crippen LogP contribution is 2.43. The summed E-state index contributed by atoms with van der Waals surface area (Å²) in [7, 11) is 3.57. The average molecular weight is 536 g/mol. The molecule has 1 amide bonds. The number of aryl methyl sites for hydroxylation is 2. The zero-order valence-electron chi connectivity index (χ0n) is 22.7. The lowest BCUT2D eigenvalue weighted by Gasteiger charge is -2.14. The Kier molecular flexibility index (Phi) is 7.26. The van der Waals surface area contributed by atoms with Gasteiger partial charge in [0.15, 0.2) is 0 Å². The number of anilines is 2. The molecule has 3 aromatic heterocycles. The van der Waals surface area contributed by atoms with Gasteiger partial charge in [-0.3, -0.25) is 4.79 Å². The largest absolute Gasteiger partial charge is 0.424 e. The third kappa shape index (κ3) is 5.12. The van der Waals surface area contributed by atoms with E-state index in [0.29, 0.717) is 35.1 Å². The van der Waals surface area contributed by atoms with Crippen LogP contribution in [0.1, 0.15) is 18.2 Å². The van der Waals surface area contributed by atoms with Gasteiger partial charge in [0.05, 0.1) is 17.7 Å². The number of nitrogens with one attached hydrogen (secondary N) is 1. The normalized spacial score (nSPS) is 11.0. The van der Waals surface area contributed by atoms with Gasteiger partial charge in [0.1, 0.15) is 23.5 Å². The zero-order chi connectivity index (χ0) is 28.4. The summed E-state index contributed by atoms with van der Waals surface area (Å²) in [6, 6.07) is 15.5. The molecule has 0 saturated carbocycles. The van der Waals surface area contributed by atoms with Crippen molar-refractivity contribution >= 4 is 28.4 Å². The third-order valence-electron chi connectivity index (χ3n) is 6.42. The molecule has 2 aromatic carbocycles. The number of carbonyl (C=O) groups is 1. The van der Waals surface area contributed by atoms with Crippen LogP contribution >= 0.6 is 0 Å². The molecular weight excluding hydrogens is 506 g/mol. The van der Waals surface area contributed by atoms with Crippen LogP contribution in [-0.2, 0) is 23.2 Å². The van der Waals surface area contributed by atoms with E-state index in [0.717, 1.165) is 39.0 Å². The summed E-state index contributed by atoms with van der Waals surface area (Å²) in [5.41, 5.74) is 13.4. The zero-order valence-corrected chi connectivity index (χ0v) is 22.7. The predicted octanol–water partition coefficient (Wildman–Crippen LogP) is 5.44. The van der Waals surface area contributed by atoms with Crippen molar-refractivity contribution in [2.24, 2.45) is 7.05 Å². The molecular formula is C30H29N7O3. The number of fused-ring (bicyclic) bond motifs is 1. The first-order chi connectivity index (χ1) is 19.3. The molecule has 40 heavy (non-hydrogen) atoms. The lowest BCUT2D eigenvalue weighted by molar-refractivity contribution is -0.112. The number of methoxy groups -OCH3 is 1. The van der Waals surface area contributed by atoms with Crippen LogP contribution in [0, 0.1) is 6.92 Å². The summed E-state index contributed by atoms with van der Waals surface area (Å²) in [5, 5.41) is 3.58. The number of ether oxygens (including phenoxy) is 2. The number of hydrogen-bond acceptors (Lipinski definition) is 8. The first-order valence-corrected chi connectivity index (χ1v) is 12.5. The van der Waals surface area contributed by atoms with Crippen molar-refractivity contribution in [3.8, 4) is 34.1 Å². The molecule has 0 aliphatic heterocycles. The van der Waals surface area contributed by atoms with E-state index >= 15 is 0 Å². The van der Waals surface area contributed by atoms with Gasteiger partial charge < -0.3 is 25.1 Å². The second-order valence-corrected chi connectivity index (χ2v) is 9.39. The fourth-order valence-electron chi connectivity index (χ4n) is 4.52. The van der Waals surface area contributed by atoms with E-state index in [1.165, 1.54) is 6.33 Å². The molecule has 5 aromatic rings. The fourth-order valence-corrected chi connectivity index (χ4v) is 4.52. The maximum Gasteiger partial charge on any atom is 0.322 e. The van der Waals surface area contributed by atoms with Crippen molar-refractivity contribution in [2.45, 2.75) is 20.5 Å². The maximum atomic E-state index is 12.1. The Morgan fingerprint density at radius 2 is 1.82 bits per heavy atom. The molecule has 0 bridgehead atoms. The number of hydrogen-bond donors (Lipinski definition) is 2. The van der Waals surface area contributed by atoms with Crippen LogP contribution in [0.25, 0.3) is 33.4 Å². The Morgan fingerprint density at radius 1 is 1.07 bits per heavy atom. The minimum Gasteiger partial charge on any atom is -0.424 e. The first kappa shape index (κ1) is 26.5. The molecule has 3 N–H and O–H groups in total. The van der Waals surface area contributed by atoms with Crippen LogP contribution in [0.15, 0.2) is 73.2 Å². The third-order valence-corrected chi connectivity index (χ3v) is 6.42. The van der Waals surface area contributed by atoms with Gasteiger partial charge in [-0.15, -0.1) is 0 Å². The molecule has 5 rings (SSSR count). The van der Waals surface area contributed by atoms with Crippen molar-refractivity contribution in [2.75, 3.05) is 18.2 Å². The number of amides is 1. The first-order valence-electron chi connectivity index (χ1n) is 12.5. The molecule has 0 fully saturated rings.